The first kappa shape index (κ1) is 21.6. The van der Waals surface area contributed by atoms with E-state index in [0.29, 0.717) is 23.0 Å². The monoisotopic (exact) mass is 394 g/mol. The molecule has 6 nitrogen and oxygen atoms in total. The van der Waals surface area contributed by atoms with Crippen LogP contribution in [0.15, 0.2) is 16.4 Å². The smallest absolute Gasteiger partial charge is 0.254 e. The normalized spacial score (nSPS) is 23.2. The van der Waals surface area contributed by atoms with Crippen LogP contribution in [0.25, 0.3) is 0 Å². The summed E-state index contributed by atoms with van der Waals surface area (Å²) in [5, 5.41) is 3.21. The molecule has 0 unspecified atom stereocenters. The molecule has 2 fully saturated rings. The highest BCUT2D eigenvalue weighted by Gasteiger charge is 2.42. The number of hydrogen-bond donors (Lipinski definition) is 2. The van der Waals surface area contributed by atoms with E-state index >= 15 is 0 Å². The van der Waals surface area contributed by atoms with Gasteiger partial charge in [0.15, 0.2) is 0 Å². The second kappa shape index (κ2) is 9.02. The average Bonchev–Trinajstić information content (AvgIpc) is 3.33. The van der Waals surface area contributed by atoms with E-state index in [1.54, 1.807) is 13.8 Å². The van der Waals surface area contributed by atoms with E-state index < -0.39 is 0 Å². The standard InChI is InChI=1S/C20H30N4O2.ClH/c1-5-12(2)9-24-10-17(15-6-7-15)18(11-24)23-19(25)8-16-13(3)21-14(4)22-20(16)26;/h5,15,17-18H,6-11H2,1-4H3,(H,23,25)(H,21,22,26);1H/b12-5+;/t17-,18+;/m1./s1. The third kappa shape index (κ3) is 5.42. The Hall–Kier alpha value is -1.66. The maximum atomic E-state index is 12.6. The van der Waals surface area contributed by atoms with Gasteiger partial charge in [-0.15, -0.1) is 12.4 Å². The lowest BCUT2D eigenvalue weighted by atomic mass is 9.98. The number of aromatic amines is 1. The van der Waals surface area contributed by atoms with Crippen LogP contribution in [0.4, 0.5) is 0 Å². The molecule has 1 saturated carbocycles. The first-order valence-corrected chi connectivity index (χ1v) is 9.57. The Kier molecular flexibility index (Phi) is 7.23. The number of nitrogens with one attached hydrogen (secondary N) is 2. The van der Waals surface area contributed by atoms with Crippen molar-refractivity contribution < 1.29 is 4.79 Å². The summed E-state index contributed by atoms with van der Waals surface area (Å²) in [4.78, 5) is 34.1. The van der Waals surface area contributed by atoms with Crippen molar-refractivity contribution in [2.45, 2.75) is 53.0 Å². The fraction of sp³-hybridized carbons (Fsp3) is 0.650. The molecule has 1 saturated heterocycles. The van der Waals surface area contributed by atoms with E-state index in [0.717, 1.165) is 25.6 Å². The quantitative estimate of drug-likeness (QED) is 0.724. The molecule has 0 spiro atoms. The molecule has 2 heterocycles. The number of halogens is 1. The van der Waals surface area contributed by atoms with Crippen molar-refractivity contribution in [2.24, 2.45) is 11.8 Å². The molecule has 7 heteroatoms. The van der Waals surface area contributed by atoms with Gasteiger partial charge in [0, 0.05) is 36.9 Å². The zero-order valence-electron chi connectivity index (χ0n) is 16.7. The highest BCUT2D eigenvalue weighted by Crippen LogP contribution is 2.41. The molecule has 27 heavy (non-hydrogen) atoms. The summed E-state index contributed by atoms with van der Waals surface area (Å²) >= 11 is 0. The summed E-state index contributed by atoms with van der Waals surface area (Å²) in [7, 11) is 0. The number of carbonyl (C=O) groups excluding carboxylic acids is 1. The molecule has 2 aliphatic rings. The molecule has 1 amide bonds. The fourth-order valence-corrected chi connectivity index (χ4v) is 4.02. The van der Waals surface area contributed by atoms with Crippen molar-refractivity contribution in [3.63, 3.8) is 0 Å². The zero-order valence-corrected chi connectivity index (χ0v) is 17.5. The number of aromatic nitrogens is 2. The van der Waals surface area contributed by atoms with Gasteiger partial charge in [-0.1, -0.05) is 11.6 Å². The maximum Gasteiger partial charge on any atom is 0.254 e. The first-order valence-electron chi connectivity index (χ1n) is 9.57. The molecule has 1 aliphatic carbocycles. The van der Waals surface area contributed by atoms with Crippen molar-refractivity contribution in [1.29, 1.82) is 0 Å². The molecular weight excluding hydrogens is 364 g/mol. The van der Waals surface area contributed by atoms with Crippen molar-refractivity contribution in [3.8, 4) is 0 Å². The van der Waals surface area contributed by atoms with E-state index in [1.807, 2.05) is 0 Å². The number of hydrogen-bond acceptors (Lipinski definition) is 4. The predicted molar refractivity (Wildman–Crippen MR) is 109 cm³/mol. The number of nitrogens with zero attached hydrogens (tertiary/aromatic N) is 2. The summed E-state index contributed by atoms with van der Waals surface area (Å²) in [6, 6.07) is 0.178. The fourth-order valence-electron chi connectivity index (χ4n) is 4.02. The highest BCUT2D eigenvalue weighted by molar-refractivity contribution is 5.85. The Morgan fingerprint density at radius 3 is 2.63 bits per heavy atom. The van der Waals surface area contributed by atoms with Gasteiger partial charge in [0.1, 0.15) is 5.82 Å². The Morgan fingerprint density at radius 1 is 1.33 bits per heavy atom. The summed E-state index contributed by atoms with van der Waals surface area (Å²) < 4.78 is 0. The minimum Gasteiger partial charge on any atom is -0.351 e. The first-order chi connectivity index (χ1) is 12.4. The maximum absolute atomic E-state index is 12.6. The van der Waals surface area contributed by atoms with Gasteiger partial charge in [0.2, 0.25) is 5.91 Å². The van der Waals surface area contributed by atoms with Gasteiger partial charge < -0.3 is 10.3 Å². The van der Waals surface area contributed by atoms with Crippen LogP contribution in [0.2, 0.25) is 0 Å². The Morgan fingerprint density at radius 2 is 2.04 bits per heavy atom. The Balaban J connectivity index is 0.00000261. The summed E-state index contributed by atoms with van der Waals surface area (Å²) in [5.74, 6) is 1.77. The second-order valence-electron chi connectivity index (χ2n) is 7.90. The highest BCUT2D eigenvalue weighted by atomic mass is 35.5. The molecule has 0 bridgehead atoms. The number of rotatable bonds is 6. The summed E-state index contributed by atoms with van der Waals surface area (Å²) in [6.45, 7) is 10.7. The zero-order chi connectivity index (χ0) is 18.8. The predicted octanol–water partition coefficient (Wildman–Crippen LogP) is 2.14. The summed E-state index contributed by atoms with van der Waals surface area (Å²) in [5.41, 5.74) is 2.26. The van der Waals surface area contributed by atoms with Crippen molar-refractivity contribution in [2.75, 3.05) is 19.6 Å². The number of carbonyl (C=O) groups is 1. The molecule has 0 aromatic carbocycles. The molecule has 2 N–H and O–H groups in total. The van der Waals surface area contributed by atoms with Gasteiger partial charge in [0.25, 0.3) is 5.56 Å². The number of aryl methyl sites for hydroxylation is 2. The number of likely N-dealkylation sites (tertiary alicyclic amines) is 1. The average molecular weight is 395 g/mol. The SMILES string of the molecule is C/C=C(\C)CN1C[C@H](NC(=O)Cc2c(C)nc(C)[nH]c2=O)[C@@H](C2CC2)C1.Cl. The largest absolute Gasteiger partial charge is 0.351 e. The topological polar surface area (TPSA) is 78.1 Å². The van der Waals surface area contributed by atoms with E-state index in [-0.39, 0.29) is 36.3 Å². The molecule has 3 rings (SSSR count). The molecule has 1 aromatic heterocycles. The van der Waals surface area contributed by atoms with Gasteiger partial charge in [-0.3, -0.25) is 14.5 Å². The Bertz CT molecular complexity index is 770. The van der Waals surface area contributed by atoms with E-state index in [9.17, 15) is 9.59 Å². The van der Waals surface area contributed by atoms with Crippen LogP contribution < -0.4 is 10.9 Å². The van der Waals surface area contributed by atoms with Crippen LogP contribution in [0.3, 0.4) is 0 Å². The van der Waals surface area contributed by atoms with Crippen LogP contribution in [0, 0.1) is 25.7 Å². The van der Waals surface area contributed by atoms with E-state index in [1.165, 1.54) is 18.4 Å². The molecule has 2 atom stereocenters. The molecule has 1 aromatic rings. The third-order valence-electron chi connectivity index (χ3n) is 5.66. The number of allylic oxidation sites excluding steroid dienone is 1. The van der Waals surface area contributed by atoms with Crippen molar-refractivity contribution >= 4 is 18.3 Å². The molecule has 150 valence electrons. The van der Waals surface area contributed by atoms with Crippen LogP contribution in [-0.4, -0.2) is 46.5 Å². The minimum absolute atomic E-state index is 0. The lowest BCUT2D eigenvalue weighted by Crippen LogP contribution is -2.42. The van der Waals surface area contributed by atoms with Crippen LogP contribution in [-0.2, 0) is 11.2 Å². The van der Waals surface area contributed by atoms with Gasteiger partial charge in [-0.2, -0.15) is 0 Å². The van der Waals surface area contributed by atoms with Gasteiger partial charge in [-0.25, -0.2) is 4.98 Å². The van der Waals surface area contributed by atoms with Crippen LogP contribution in [0.5, 0.6) is 0 Å². The lowest BCUT2D eigenvalue weighted by molar-refractivity contribution is -0.121. The molecule has 1 aliphatic heterocycles. The van der Waals surface area contributed by atoms with Gasteiger partial charge in [-0.05, 0) is 52.4 Å². The number of amides is 1. The molecule has 0 radical (unpaired) electrons. The van der Waals surface area contributed by atoms with Gasteiger partial charge in [0.05, 0.1) is 6.42 Å². The van der Waals surface area contributed by atoms with Crippen LogP contribution >= 0.6 is 12.4 Å². The lowest BCUT2D eigenvalue weighted by Gasteiger charge is -2.19. The number of H-pyrrole nitrogens is 1. The Labute approximate surface area is 167 Å². The van der Waals surface area contributed by atoms with Crippen LogP contribution in [0.1, 0.15) is 43.8 Å². The van der Waals surface area contributed by atoms with Crippen molar-refractivity contribution in [1.82, 2.24) is 20.2 Å². The third-order valence-corrected chi connectivity index (χ3v) is 5.66. The van der Waals surface area contributed by atoms with Gasteiger partial charge >= 0.3 is 0 Å². The van der Waals surface area contributed by atoms with E-state index in [4.69, 9.17) is 0 Å². The van der Waals surface area contributed by atoms with Crippen molar-refractivity contribution in [3.05, 3.63) is 39.1 Å². The minimum atomic E-state index is -0.208. The summed E-state index contributed by atoms with van der Waals surface area (Å²) in [6.07, 6.45) is 4.79. The molecular formula is C20H31ClN4O2. The van der Waals surface area contributed by atoms with E-state index in [2.05, 4.69) is 40.1 Å². The second-order valence-corrected chi connectivity index (χ2v) is 7.90.